The van der Waals surface area contributed by atoms with Gasteiger partial charge in [-0.05, 0) is 75.6 Å². The molecule has 48 heavy (non-hydrogen) atoms. The van der Waals surface area contributed by atoms with Gasteiger partial charge in [-0.2, -0.15) is 36.4 Å². The molecule has 0 saturated heterocycles. The molecule has 3 rings (SSSR count). The Morgan fingerprint density at radius 2 is 1.10 bits per heavy atom. The fourth-order valence-corrected chi connectivity index (χ4v) is 3.89. The maximum absolute atomic E-state index is 12.2. The van der Waals surface area contributed by atoms with Gasteiger partial charge in [0.2, 0.25) is 0 Å². The minimum absolute atomic E-state index is 0.348. The molecule has 0 amide bonds. The van der Waals surface area contributed by atoms with Crippen molar-refractivity contribution in [3.05, 3.63) is 115 Å². The molecule has 0 aliphatic carbocycles. The summed E-state index contributed by atoms with van der Waals surface area (Å²) in [6, 6.07) is 25.4. The minimum atomic E-state index is -0.405. The Morgan fingerprint density at radius 1 is 0.646 bits per heavy atom. The molecular weight excluding hydrogens is 659 g/mol. The van der Waals surface area contributed by atoms with Gasteiger partial charge in [-0.3, -0.25) is 0 Å². The van der Waals surface area contributed by atoms with Gasteiger partial charge in [-0.25, -0.2) is 14.4 Å². The zero-order valence-electron chi connectivity index (χ0n) is 27.4. The Bertz CT molecular complexity index is 1340. The molecule has 3 aromatic rings. The van der Waals surface area contributed by atoms with Crippen LogP contribution >= 0.6 is 0 Å². The molecule has 10 heteroatoms. The first-order chi connectivity index (χ1) is 23.4. The van der Waals surface area contributed by atoms with E-state index in [2.05, 4.69) is 41.0 Å². The number of carbonyl (C=O) groups is 3. The first kappa shape index (κ1) is 41.5. The van der Waals surface area contributed by atoms with Gasteiger partial charge in [0.05, 0.1) is 32.0 Å². The van der Waals surface area contributed by atoms with E-state index < -0.39 is 5.97 Å². The summed E-state index contributed by atoms with van der Waals surface area (Å²) < 4.78 is 34.4. The summed E-state index contributed by atoms with van der Waals surface area (Å²) in [5, 5.41) is 0. The number of esters is 3. The monoisotopic (exact) mass is 703 g/mol. The van der Waals surface area contributed by atoms with E-state index in [0.29, 0.717) is 36.9 Å². The molecule has 0 saturated carbocycles. The van der Waals surface area contributed by atoms with Crippen molar-refractivity contribution in [3.8, 4) is 17.2 Å². The number of rotatable bonds is 20. The van der Waals surface area contributed by atoms with Crippen LogP contribution < -0.4 is 14.2 Å². The molecule has 0 atom stereocenters. The molecular formula is C38H44CoO9-2. The van der Waals surface area contributed by atoms with E-state index in [1.165, 1.54) is 12.2 Å². The van der Waals surface area contributed by atoms with Crippen LogP contribution in [0.4, 0.5) is 0 Å². The van der Waals surface area contributed by atoms with Crippen molar-refractivity contribution in [2.75, 3.05) is 26.4 Å². The Balaban J connectivity index is 0.000000497. The zero-order chi connectivity index (χ0) is 35.2. The number of carbonyl (C=O) groups excluding carboxylic acids is 3. The summed E-state index contributed by atoms with van der Waals surface area (Å²) in [5.74, 6) is 0.990. The fraction of sp³-hybridized carbons (Fsp3) is 0.342. The Hall–Kier alpha value is -4.54. The van der Waals surface area contributed by atoms with Crippen molar-refractivity contribution in [1.29, 1.82) is 0 Å². The second kappa shape index (κ2) is 27.6. The summed E-state index contributed by atoms with van der Waals surface area (Å²) in [6.07, 6.45) is 10.1. The molecule has 0 spiro atoms. The topological polar surface area (TPSA) is 114 Å². The van der Waals surface area contributed by atoms with Crippen LogP contribution in [0, 0.1) is 19.1 Å². The number of benzene rings is 3. The Morgan fingerprint density at radius 3 is 1.58 bits per heavy atom. The fourth-order valence-electron chi connectivity index (χ4n) is 3.89. The van der Waals surface area contributed by atoms with Crippen LogP contribution in [0.25, 0.3) is 0 Å². The van der Waals surface area contributed by atoms with Gasteiger partial charge in [0, 0.05) is 23.7 Å². The van der Waals surface area contributed by atoms with Crippen LogP contribution in [0.2, 0.25) is 0 Å². The van der Waals surface area contributed by atoms with Crippen LogP contribution in [0.1, 0.15) is 67.3 Å². The van der Waals surface area contributed by atoms with Gasteiger partial charge < -0.3 is 23.7 Å². The third-order valence-electron chi connectivity index (χ3n) is 6.44. The van der Waals surface area contributed by atoms with Crippen molar-refractivity contribution in [2.24, 2.45) is 0 Å². The molecule has 0 N–H and O–H groups in total. The quantitative estimate of drug-likeness (QED) is 0.0384. The van der Waals surface area contributed by atoms with E-state index in [1.807, 2.05) is 31.2 Å². The number of hydrogen-bond donors (Lipinski definition) is 0. The van der Waals surface area contributed by atoms with Crippen LogP contribution in [0.3, 0.4) is 0 Å². The first-order valence-corrected chi connectivity index (χ1v) is 16.1. The molecule has 0 unspecified atom stereocenters. The molecule has 0 radical (unpaired) electrons. The summed E-state index contributed by atoms with van der Waals surface area (Å²) in [7, 11) is 0. The van der Waals surface area contributed by atoms with Gasteiger partial charge in [0.1, 0.15) is 5.75 Å². The standard InChI is InChI=1S/C23H25O5.C15H19O3.Co.O/c1-3-22(24)27-17-9-5-4-8-16-26-20-14-12-19(13-15-20)23(25)28-21-11-7-6-10-18(21)2;1-2-15(16)18-13-9-4-3-8-12-17-14-10-6-5-7-11-14;;/h3,7,10-15H,1,4-5,8-9,16-17H2,2H3;2,6-7,10-11H,1,3-4,8-9,12-13H2;;/q2*-1;;. The predicted molar refractivity (Wildman–Crippen MR) is 178 cm³/mol. The molecule has 0 fully saturated rings. The summed E-state index contributed by atoms with van der Waals surface area (Å²) in [5.41, 5.74) is 1.32. The van der Waals surface area contributed by atoms with Crippen molar-refractivity contribution in [2.45, 2.75) is 58.3 Å². The number of hydrogen-bond acceptors (Lipinski definition) is 9. The van der Waals surface area contributed by atoms with E-state index in [4.69, 9.17) is 27.6 Å². The average molecular weight is 704 g/mol. The molecule has 0 bridgehead atoms. The summed E-state index contributed by atoms with van der Waals surface area (Å²) >= 11 is 2.31. The van der Waals surface area contributed by atoms with E-state index in [1.54, 1.807) is 42.5 Å². The SMILES string of the molecule is C=CC(=O)OCCCCCCOc1cc[c-]cc1.C=CC(=O)OCCCCCCOc1ccc(C(=O)Oc2cc[c-]cc2C)cc1.[O]=[Co]. The van der Waals surface area contributed by atoms with Crippen LogP contribution in [-0.2, 0) is 38.6 Å². The van der Waals surface area contributed by atoms with Crippen molar-refractivity contribution < 1.29 is 57.6 Å². The molecule has 9 nitrogen and oxygen atoms in total. The van der Waals surface area contributed by atoms with Gasteiger partial charge in [-0.15, -0.1) is 23.8 Å². The summed E-state index contributed by atoms with van der Waals surface area (Å²) in [6.45, 7) is 10.8. The van der Waals surface area contributed by atoms with Crippen LogP contribution in [0.5, 0.6) is 17.2 Å². The van der Waals surface area contributed by atoms with E-state index in [-0.39, 0.29) is 11.9 Å². The van der Waals surface area contributed by atoms with Crippen molar-refractivity contribution >= 4 is 17.9 Å². The van der Waals surface area contributed by atoms with Crippen LogP contribution in [0.15, 0.2) is 92.0 Å². The summed E-state index contributed by atoms with van der Waals surface area (Å²) in [4.78, 5) is 33.8. The Kier molecular flexibility index (Phi) is 23.8. The van der Waals surface area contributed by atoms with Crippen LogP contribution in [-0.4, -0.2) is 44.3 Å². The van der Waals surface area contributed by atoms with E-state index >= 15 is 0 Å². The Labute approximate surface area is 292 Å². The van der Waals surface area contributed by atoms with Crippen molar-refractivity contribution in [3.63, 3.8) is 0 Å². The molecule has 0 aromatic heterocycles. The molecule has 0 aliphatic rings. The molecule has 0 heterocycles. The molecule has 3 aromatic carbocycles. The second-order valence-corrected chi connectivity index (χ2v) is 10.1. The van der Waals surface area contributed by atoms with E-state index in [9.17, 15) is 14.4 Å². The zero-order valence-corrected chi connectivity index (χ0v) is 28.5. The van der Waals surface area contributed by atoms with Gasteiger partial charge >= 0.3 is 37.4 Å². The third-order valence-corrected chi connectivity index (χ3v) is 6.44. The molecule has 261 valence electrons. The average Bonchev–Trinajstić information content (AvgIpc) is 3.13. The van der Waals surface area contributed by atoms with Gasteiger partial charge in [-0.1, -0.05) is 20.1 Å². The molecule has 0 aliphatic heterocycles. The number of unbranched alkanes of at least 4 members (excludes halogenated alkanes) is 6. The van der Waals surface area contributed by atoms with E-state index in [0.717, 1.165) is 69.3 Å². The van der Waals surface area contributed by atoms with Gasteiger partial charge in [0.15, 0.2) is 0 Å². The number of aryl methyl sites for hydroxylation is 1. The van der Waals surface area contributed by atoms with Crippen molar-refractivity contribution in [1.82, 2.24) is 0 Å². The first-order valence-electron chi connectivity index (χ1n) is 15.7. The second-order valence-electron chi connectivity index (χ2n) is 10.1. The maximum atomic E-state index is 12.2. The van der Waals surface area contributed by atoms with Gasteiger partial charge in [0.25, 0.3) is 0 Å². The normalized spacial score (nSPS) is 9.71. The third kappa shape index (κ3) is 19.9. The number of ether oxygens (including phenoxy) is 5. The predicted octanol–water partition coefficient (Wildman–Crippen LogP) is 7.72.